The Labute approximate surface area is 144 Å². The number of benzene rings is 1. The van der Waals surface area contributed by atoms with E-state index in [0.717, 1.165) is 16.7 Å². The predicted octanol–water partition coefficient (Wildman–Crippen LogP) is 6.02. The van der Waals surface area contributed by atoms with Gasteiger partial charge < -0.3 is 4.42 Å². The fraction of sp³-hybridized carbons (Fsp3) is 0.227. The normalized spacial score (nSPS) is 13.2. The van der Waals surface area contributed by atoms with Crippen LogP contribution < -0.4 is 0 Å². The molecular weight excluding hydrogens is 296 g/mol. The van der Waals surface area contributed by atoms with Crippen LogP contribution >= 0.6 is 0 Å². The second-order valence-electron chi connectivity index (χ2n) is 6.05. The zero-order valence-corrected chi connectivity index (χ0v) is 14.6. The molecule has 1 aromatic carbocycles. The molecule has 2 heteroatoms. The molecule has 1 atom stereocenters. The van der Waals surface area contributed by atoms with Crippen LogP contribution in [0.4, 0.5) is 0 Å². The minimum absolute atomic E-state index is 0.00641. The summed E-state index contributed by atoms with van der Waals surface area (Å²) >= 11 is 0. The quantitative estimate of drug-likeness (QED) is 0.461. The first-order valence-corrected chi connectivity index (χ1v) is 8.14. The van der Waals surface area contributed by atoms with Gasteiger partial charge in [0.25, 0.3) is 0 Å². The second-order valence-corrected chi connectivity index (χ2v) is 6.05. The van der Waals surface area contributed by atoms with Crippen LogP contribution in [0, 0.1) is 6.92 Å². The van der Waals surface area contributed by atoms with Gasteiger partial charge in [0.1, 0.15) is 0 Å². The van der Waals surface area contributed by atoms with Crippen molar-refractivity contribution in [1.29, 1.82) is 0 Å². The van der Waals surface area contributed by atoms with Crippen molar-refractivity contribution in [3.63, 3.8) is 0 Å². The lowest BCUT2D eigenvalue weighted by molar-refractivity contribution is 0.0931. The van der Waals surface area contributed by atoms with Gasteiger partial charge in [0, 0.05) is 0 Å². The molecule has 1 aromatic heterocycles. The van der Waals surface area contributed by atoms with Crippen molar-refractivity contribution in [3.8, 4) is 0 Å². The summed E-state index contributed by atoms with van der Waals surface area (Å²) in [7, 11) is 0. The summed E-state index contributed by atoms with van der Waals surface area (Å²) in [5.41, 5.74) is 4.27. The lowest BCUT2D eigenvalue weighted by atomic mass is 9.86. The molecule has 0 fully saturated rings. The standard InChI is InChI=1S/C22H24O2/c1-5-18(11-8-16(2)3)15-20(19-12-9-17(4)10-13-19)22(23)21-7-6-14-24-21/h5-14,20H,2,15H2,1,3-4H3/b11-8-,18-5+. The van der Waals surface area contributed by atoms with Crippen molar-refractivity contribution >= 4 is 5.78 Å². The Kier molecular flexibility index (Phi) is 6.14. The molecule has 0 saturated heterocycles. The zero-order chi connectivity index (χ0) is 17.5. The first kappa shape index (κ1) is 17.7. The first-order chi connectivity index (χ1) is 11.5. The maximum atomic E-state index is 12.9. The Morgan fingerprint density at radius 2 is 1.92 bits per heavy atom. The smallest absolute Gasteiger partial charge is 0.205 e. The summed E-state index contributed by atoms with van der Waals surface area (Å²) in [5.74, 6) is 0.143. The molecule has 0 aliphatic heterocycles. The molecule has 1 heterocycles. The fourth-order valence-corrected chi connectivity index (χ4v) is 2.52. The molecule has 2 nitrogen and oxygen atoms in total. The number of carbonyl (C=O) groups is 1. The third kappa shape index (κ3) is 4.69. The van der Waals surface area contributed by atoms with E-state index in [2.05, 4.69) is 6.58 Å². The van der Waals surface area contributed by atoms with Crippen LogP contribution in [-0.2, 0) is 0 Å². The zero-order valence-electron chi connectivity index (χ0n) is 14.6. The number of ketones is 1. The van der Waals surface area contributed by atoms with Gasteiger partial charge in [-0.2, -0.15) is 0 Å². The molecule has 124 valence electrons. The highest BCUT2D eigenvalue weighted by Gasteiger charge is 2.24. The van der Waals surface area contributed by atoms with E-state index in [1.807, 2.05) is 63.3 Å². The van der Waals surface area contributed by atoms with E-state index in [0.29, 0.717) is 12.2 Å². The molecule has 0 amide bonds. The topological polar surface area (TPSA) is 30.2 Å². The van der Waals surface area contributed by atoms with Crippen molar-refractivity contribution in [2.75, 3.05) is 0 Å². The fourth-order valence-electron chi connectivity index (χ4n) is 2.52. The highest BCUT2D eigenvalue weighted by molar-refractivity contribution is 5.98. The molecule has 24 heavy (non-hydrogen) atoms. The summed E-state index contributed by atoms with van der Waals surface area (Å²) in [6, 6.07) is 11.6. The Balaban J connectivity index is 2.33. The van der Waals surface area contributed by atoms with Crippen LogP contribution in [0.5, 0.6) is 0 Å². The Hall–Kier alpha value is -2.61. The Morgan fingerprint density at radius 1 is 1.21 bits per heavy atom. The maximum absolute atomic E-state index is 12.9. The molecular formula is C22H24O2. The van der Waals surface area contributed by atoms with E-state index < -0.39 is 0 Å². The third-order valence-corrected chi connectivity index (χ3v) is 3.95. The van der Waals surface area contributed by atoms with E-state index in [-0.39, 0.29) is 11.7 Å². The van der Waals surface area contributed by atoms with Crippen LogP contribution in [0.2, 0.25) is 0 Å². The van der Waals surface area contributed by atoms with Crippen LogP contribution in [-0.4, -0.2) is 5.78 Å². The van der Waals surface area contributed by atoms with Crippen LogP contribution in [0.15, 0.2) is 83.0 Å². The van der Waals surface area contributed by atoms with Crippen molar-refractivity contribution < 1.29 is 9.21 Å². The van der Waals surface area contributed by atoms with E-state index >= 15 is 0 Å². The van der Waals surface area contributed by atoms with Gasteiger partial charge in [-0.3, -0.25) is 4.79 Å². The minimum atomic E-state index is -0.266. The lowest BCUT2D eigenvalue weighted by Gasteiger charge is -2.16. The molecule has 2 rings (SSSR count). The molecule has 0 radical (unpaired) electrons. The highest BCUT2D eigenvalue weighted by atomic mass is 16.3. The summed E-state index contributed by atoms with van der Waals surface area (Å²) in [6.07, 6.45) is 8.20. The van der Waals surface area contributed by atoms with Gasteiger partial charge in [-0.25, -0.2) is 0 Å². The molecule has 0 aliphatic rings. The first-order valence-electron chi connectivity index (χ1n) is 8.14. The van der Waals surface area contributed by atoms with Crippen molar-refractivity contribution in [3.05, 3.63) is 95.5 Å². The van der Waals surface area contributed by atoms with Crippen LogP contribution in [0.1, 0.15) is 47.9 Å². The molecule has 0 saturated carbocycles. The number of rotatable bonds is 7. The van der Waals surface area contributed by atoms with Gasteiger partial charge in [0.15, 0.2) is 5.76 Å². The van der Waals surface area contributed by atoms with Crippen molar-refractivity contribution in [2.45, 2.75) is 33.1 Å². The molecule has 0 bridgehead atoms. The van der Waals surface area contributed by atoms with E-state index in [9.17, 15) is 4.79 Å². The highest BCUT2D eigenvalue weighted by Crippen LogP contribution is 2.29. The molecule has 0 N–H and O–H groups in total. The third-order valence-electron chi connectivity index (χ3n) is 3.95. The maximum Gasteiger partial charge on any atom is 0.205 e. The SMILES string of the molecule is C=C(C)/C=C\C(=C/C)CC(C(=O)c1ccco1)c1ccc(C)cc1. The molecule has 1 unspecified atom stereocenters. The number of carbonyl (C=O) groups excluding carboxylic acids is 1. The number of hydrogen-bond acceptors (Lipinski definition) is 2. The Morgan fingerprint density at radius 3 is 2.46 bits per heavy atom. The van der Waals surface area contributed by atoms with Gasteiger partial charge in [-0.15, -0.1) is 0 Å². The number of Topliss-reactive ketones (excluding diaryl/α,β-unsaturated/α-hetero) is 1. The molecule has 0 aliphatic carbocycles. The average Bonchev–Trinajstić information content (AvgIpc) is 3.10. The van der Waals surface area contributed by atoms with Crippen LogP contribution in [0.3, 0.4) is 0 Å². The van der Waals surface area contributed by atoms with Gasteiger partial charge in [-0.05, 0) is 44.9 Å². The van der Waals surface area contributed by atoms with Crippen molar-refractivity contribution in [2.24, 2.45) is 0 Å². The monoisotopic (exact) mass is 320 g/mol. The summed E-state index contributed by atoms with van der Waals surface area (Å²) in [4.78, 5) is 12.9. The summed E-state index contributed by atoms with van der Waals surface area (Å²) in [5, 5.41) is 0. The van der Waals surface area contributed by atoms with Crippen LogP contribution in [0.25, 0.3) is 0 Å². The summed E-state index contributed by atoms with van der Waals surface area (Å²) in [6.45, 7) is 9.87. The van der Waals surface area contributed by atoms with E-state index in [4.69, 9.17) is 4.42 Å². The molecule has 2 aromatic rings. The lowest BCUT2D eigenvalue weighted by Crippen LogP contribution is -2.13. The minimum Gasteiger partial charge on any atom is -0.461 e. The molecule has 0 spiro atoms. The largest absolute Gasteiger partial charge is 0.461 e. The number of furan rings is 1. The van der Waals surface area contributed by atoms with E-state index in [1.54, 1.807) is 12.1 Å². The number of allylic oxidation sites excluding steroid dienone is 5. The van der Waals surface area contributed by atoms with E-state index in [1.165, 1.54) is 11.8 Å². The van der Waals surface area contributed by atoms with Gasteiger partial charge in [0.2, 0.25) is 5.78 Å². The van der Waals surface area contributed by atoms with Crippen molar-refractivity contribution in [1.82, 2.24) is 0 Å². The van der Waals surface area contributed by atoms with Gasteiger partial charge in [0.05, 0.1) is 12.2 Å². The van der Waals surface area contributed by atoms with Gasteiger partial charge in [-0.1, -0.05) is 65.8 Å². The number of hydrogen-bond donors (Lipinski definition) is 0. The Bertz CT molecular complexity index is 744. The summed E-state index contributed by atoms with van der Waals surface area (Å²) < 4.78 is 5.33. The average molecular weight is 320 g/mol. The predicted molar refractivity (Wildman–Crippen MR) is 99.3 cm³/mol. The number of aryl methyl sites for hydroxylation is 1. The second kappa shape index (κ2) is 8.30. The van der Waals surface area contributed by atoms with Gasteiger partial charge >= 0.3 is 0 Å².